The van der Waals surface area contributed by atoms with Crippen molar-refractivity contribution in [3.63, 3.8) is 0 Å². The lowest BCUT2D eigenvalue weighted by Gasteiger charge is -2.08. The van der Waals surface area contributed by atoms with Gasteiger partial charge in [-0.05, 0) is 24.4 Å². The molecule has 0 atom stereocenters. The molecule has 0 aromatic carbocycles. The number of rotatable bonds is 2. The third kappa shape index (κ3) is 1.97. The molecule has 0 bridgehead atoms. The smallest absolute Gasteiger partial charge is 0.340 e. The molecule has 1 amide bonds. The van der Waals surface area contributed by atoms with E-state index in [4.69, 9.17) is 4.74 Å². The van der Waals surface area contributed by atoms with Crippen LogP contribution in [0.2, 0.25) is 0 Å². The molecule has 0 fully saturated rings. The Bertz CT molecular complexity index is 555. The number of carbonyl (C=O) groups is 2. The second-order valence-corrected chi connectivity index (χ2v) is 4.87. The molecule has 0 saturated carbocycles. The number of ether oxygens (including phenoxy) is 1. The molecule has 1 aliphatic heterocycles. The molecular weight excluding hydrogens is 250 g/mol. The lowest BCUT2D eigenvalue weighted by Crippen LogP contribution is -2.19. The van der Waals surface area contributed by atoms with Crippen LogP contribution in [0.4, 0.5) is 0 Å². The normalized spacial score (nSPS) is 17.8. The van der Waals surface area contributed by atoms with Crippen molar-refractivity contribution in [2.45, 2.75) is 6.92 Å². The fourth-order valence-electron chi connectivity index (χ4n) is 1.81. The Labute approximate surface area is 109 Å². The molecule has 0 aliphatic carbocycles. The van der Waals surface area contributed by atoms with Gasteiger partial charge in [0.15, 0.2) is 0 Å². The van der Waals surface area contributed by atoms with Crippen LogP contribution in [0.5, 0.6) is 0 Å². The SMILES string of the molecule is COC(=O)C1=C(C)N(C)C(=O)/C1=C\c1cccs1. The first-order valence-electron chi connectivity index (χ1n) is 5.39. The van der Waals surface area contributed by atoms with Gasteiger partial charge in [-0.25, -0.2) is 4.79 Å². The van der Waals surface area contributed by atoms with E-state index < -0.39 is 5.97 Å². The van der Waals surface area contributed by atoms with Gasteiger partial charge in [0, 0.05) is 17.6 Å². The molecule has 0 N–H and O–H groups in total. The van der Waals surface area contributed by atoms with Crippen molar-refractivity contribution < 1.29 is 14.3 Å². The predicted molar refractivity (Wildman–Crippen MR) is 69.8 cm³/mol. The Hall–Kier alpha value is -1.88. The Morgan fingerprint density at radius 2 is 2.22 bits per heavy atom. The van der Waals surface area contributed by atoms with Crippen LogP contribution in [0, 0.1) is 0 Å². The maximum Gasteiger partial charge on any atom is 0.340 e. The first-order valence-corrected chi connectivity index (χ1v) is 6.27. The molecule has 1 aromatic rings. The molecule has 0 saturated heterocycles. The summed E-state index contributed by atoms with van der Waals surface area (Å²) in [6.45, 7) is 1.74. The van der Waals surface area contributed by atoms with E-state index in [1.807, 2.05) is 17.5 Å². The molecule has 18 heavy (non-hydrogen) atoms. The quantitative estimate of drug-likeness (QED) is 0.606. The van der Waals surface area contributed by atoms with Gasteiger partial charge in [-0.15, -0.1) is 11.3 Å². The molecule has 0 radical (unpaired) electrons. The minimum atomic E-state index is -0.479. The number of methoxy groups -OCH3 is 1. The maximum atomic E-state index is 12.1. The third-order valence-corrected chi connectivity index (χ3v) is 3.71. The lowest BCUT2D eigenvalue weighted by molar-refractivity contribution is -0.136. The zero-order chi connectivity index (χ0) is 13.3. The molecule has 0 spiro atoms. The van der Waals surface area contributed by atoms with Gasteiger partial charge >= 0.3 is 5.97 Å². The van der Waals surface area contributed by atoms with Crippen LogP contribution in [-0.4, -0.2) is 30.9 Å². The van der Waals surface area contributed by atoms with E-state index in [1.54, 1.807) is 20.0 Å². The Morgan fingerprint density at radius 3 is 2.78 bits per heavy atom. The summed E-state index contributed by atoms with van der Waals surface area (Å²) < 4.78 is 4.74. The third-order valence-electron chi connectivity index (χ3n) is 2.89. The van der Waals surface area contributed by atoms with Crippen molar-refractivity contribution in [3.05, 3.63) is 39.2 Å². The largest absolute Gasteiger partial charge is 0.465 e. The highest BCUT2D eigenvalue weighted by Crippen LogP contribution is 2.30. The van der Waals surface area contributed by atoms with E-state index in [1.165, 1.54) is 23.3 Å². The van der Waals surface area contributed by atoms with E-state index in [2.05, 4.69) is 0 Å². The highest BCUT2D eigenvalue weighted by atomic mass is 32.1. The van der Waals surface area contributed by atoms with Gasteiger partial charge in [0.2, 0.25) is 0 Å². The predicted octanol–water partition coefficient (Wildman–Crippen LogP) is 2.05. The highest BCUT2D eigenvalue weighted by molar-refractivity contribution is 7.10. The number of hydrogen-bond acceptors (Lipinski definition) is 4. The summed E-state index contributed by atoms with van der Waals surface area (Å²) in [5.41, 5.74) is 1.36. The molecule has 2 rings (SSSR count). The fourth-order valence-corrected chi connectivity index (χ4v) is 2.47. The number of carbonyl (C=O) groups excluding carboxylic acids is 2. The molecule has 0 unspecified atom stereocenters. The minimum Gasteiger partial charge on any atom is -0.465 e. The van der Waals surface area contributed by atoms with Gasteiger partial charge in [-0.2, -0.15) is 0 Å². The van der Waals surface area contributed by atoms with Gasteiger partial charge in [0.05, 0.1) is 18.3 Å². The number of thiophene rings is 1. The summed E-state index contributed by atoms with van der Waals surface area (Å²) in [4.78, 5) is 26.2. The number of esters is 1. The first-order chi connectivity index (χ1) is 8.56. The Kier molecular flexibility index (Phi) is 3.34. The van der Waals surface area contributed by atoms with Crippen LogP contribution < -0.4 is 0 Å². The van der Waals surface area contributed by atoms with E-state index in [0.29, 0.717) is 16.8 Å². The minimum absolute atomic E-state index is 0.179. The molecule has 2 heterocycles. The van der Waals surface area contributed by atoms with Crippen molar-refractivity contribution in [1.29, 1.82) is 0 Å². The van der Waals surface area contributed by atoms with Crippen molar-refractivity contribution in [2.75, 3.05) is 14.2 Å². The zero-order valence-electron chi connectivity index (χ0n) is 10.4. The molecule has 4 nitrogen and oxygen atoms in total. The van der Waals surface area contributed by atoms with Gasteiger partial charge in [-0.1, -0.05) is 6.07 Å². The fraction of sp³-hybridized carbons (Fsp3) is 0.231. The Balaban J connectivity index is 2.51. The van der Waals surface area contributed by atoms with Crippen LogP contribution in [0.25, 0.3) is 6.08 Å². The van der Waals surface area contributed by atoms with Gasteiger partial charge < -0.3 is 9.64 Å². The van der Waals surface area contributed by atoms with E-state index >= 15 is 0 Å². The van der Waals surface area contributed by atoms with Gasteiger partial charge in [0.25, 0.3) is 5.91 Å². The monoisotopic (exact) mass is 263 g/mol. The topological polar surface area (TPSA) is 46.6 Å². The summed E-state index contributed by atoms with van der Waals surface area (Å²) >= 11 is 1.51. The summed E-state index contributed by atoms with van der Waals surface area (Å²) in [6, 6.07) is 3.79. The number of amides is 1. The second-order valence-electron chi connectivity index (χ2n) is 3.89. The molecular formula is C13H13NO3S. The van der Waals surface area contributed by atoms with Crippen LogP contribution >= 0.6 is 11.3 Å². The average molecular weight is 263 g/mol. The van der Waals surface area contributed by atoms with Crippen LogP contribution in [0.1, 0.15) is 11.8 Å². The van der Waals surface area contributed by atoms with E-state index in [9.17, 15) is 9.59 Å². The zero-order valence-corrected chi connectivity index (χ0v) is 11.2. The molecule has 5 heteroatoms. The number of likely N-dealkylation sites (N-methyl/N-ethyl adjacent to an activating group) is 1. The number of nitrogens with zero attached hydrogens (tertiary/aromatic N) is 1. The van der Waals surface area contributed by atoms with E-state index in [0.717, 1.165) is 4.88 Å². The van der Waals surface area contributed by atoms with Gasteiger partial charge in [-0.3, -0.25) is 4.79 Å². The average Bonchev–Trinajstić information content (AvgIpc) is 2.94. The molecule has 1 aliphatic rings. The number of hydrogen-bond donors (Lipinski definition) is 0. The first kappa shape index (κ1) is 12.6. The van der Waals surface area contributed by atoms with Crippen LogP contribution in [-0.2, 0) is 14.3 Å². The second kappa shape index (κ2) is 4.78. The summed E-state index contributed by atoms with van der Waals surface area (Å²) in [7, 11) is 2.96. The molecule has 1 aromatic heterocycles. The van der Waals surface area contributed by atoms with Crippen LogP contribution in [0.15, 0.2) is 34.4 Å². The van der Waals surface area contributed by atoms with Gasteiger partial charge in [0.1, 0.15) is 0 Å². The molecule has 94 valence electrons. The van der Waals surface area contributed by atoms with Crippen molar-refractivity contribution in [2.24, 2.45) is 0 Å². The van der Waals surface area contributed by atoms with Crippen molar-refractivity contribution >= 4 is 29.3 Å². The summed E-state index contributed by atoms with van der Waals surface area (Å²) in [5.74, 6) is -0.658. The maximum absolute atomic E-state index is 12.1. The standard InChI is InChI=1S/C13H13NO3S/c1-8-11(13(16)17-3)10(12(15)14(8)2)7-9-5-4-6-18-9/h4-7H,1-3H3/b10-7-. The Morgan fingerprint density at radius 1 is 1.50 bits per heavy atom. The van der Waals surface area contributed by atoms with Crippen molar-refractivity contribution in [3.8, 4) is 0 Å². The van der Waals surface area contributed by atoms with Crippen LogP contribution in [0.3, 0.4) is 0 Å². The van der Waals surface area contributed by atoms with E-state index in [-0.39, 0.29) is 5.91 Å². The number of allylic oxidation sites excluding steroid dienone is 1. The lowest BCUT2D eigenvalue weighted by atomic mass is 10.1. The summed E-state index contributed by atoms with van der Waals surface area (Å²) in [5, 5.41) is 1.92. The highest BCUT2D eigenvalue weighted by Gasteiger charge is 2.34. The van der Waals surface area contributed by atoms with Crippen molar-refractivity contribution in [1.82, 2.24) is 4.90 Å². The summed E-state index contributed by atoms with van der Waals surface area (Å²) in [6.07, 6.45) is 1.73.